The van der Waals surface area contributed by atoms with E-state index in [0.717, 1.165) is 13.1 Å². The average Bonchev–Trinajstić information content (AvgIpc) is 2.80. The van der Waals surface area contributed by atoms with Gasteiger partial charge in [-0.1, -0.05) is 6.07 Å². The van der Waals surface area contributed by atoms with Crippen LogP contribution in [0.1, 0.15) is 4.88 Å². The minimum Gasteiger partial charge on any atom is -0.311 e. The van der Waals surface area contributed by atoms with E-state index in [1.807, 2.05) is 11.3 Å². The Hall–Kier alpha value is -0.420. The number of nitrogens with one attached hydrogen (secondary N) is 1. The lowest BCUT2D eigenvalue weighted by atomic mass is 10.3. The Morgan fingerprint density at radius 2 is 2.12 bits per heavy atom. The molecule has 1 aliphatic heterocycles. The van der Waals surface area contributed by atoms with Crippen LogP contribution in [0.4, 0.5) is 0 Å². The molecule has 0 bridgehead atoms. The summed E-state index contributed by atoms with van der Waals surface area (Å²) in [7, 11) is 2.20. The largest absolute Gasteiger partial charge is 0.311 e. The zero-order chi connectivity index (χ0) is 11.2. The number of piperazine rings is 1. The molecule has 1 fully saturated rings. The maximum absolute atomic E-state index is 3.50. The lowest BCUT2D eigenvalue weighted by Crippen LogP contribution is -2.46. The van der Waals surface area contributed by atoms with Gasteiger partial charge in [0.1, 0.15) is 0 Å². The molecule has 16 heavy (non-hydrogen) atoms. The van der Waals surface area contributed by atoms with Crippen LogP contribution in [-0.2, 0) is 6.54 Å². The summed E-state index contributed by atoms with van der Waals surface area (Å²) in [5, 5.41) is 5.64. The topological polar surface area (TPSA) is 18.5 Å². The Balaban J connectivity index is 1.55. The van der Waals surface area contributed by atoms with Crippen molar-refractivity contribution in [2.24, 2.45) is 0 Å². The number of hydrogen-bond acceptors (Lipinski definition) is 4. The lowest BCUT2D eigenvalue weighted by Gasteiger charge is -2.32. The maximum atomic E-state index is 3.50. The third-order valence-electron chi connectivity index (χ3n) is 3.08. The van der Waals surface area contributed by atoms with Gasteiger partial charge in [-0.2, -0.15) is 0 Å². The molecule has 0 aliphatic carbocycles. The molecule has 1 aromatic rings. The molecule has 2 rings (SSSR count). The van der Waals surface area contributed by atoms with Crippen molar-refractivity contribution in [1.82, 2.24) is 15.1 Å². The van der Waals surface area contributed by atoms with Gasteiger partial charge in [0.15, 0.2) is 0 Å². The molecule has 4 heteroatoms. The Morgan fingerprint density at radius 3 is 2.81 bits per heavy atom. The smallest absolute Gasteiger partial charge is 0.0300 e. The van der Waals surface area contributed by atoms with Gasteiger partial charge in [0.25, 0.3) is 0 Å². The first-order chi connectivity index (χ1) is 7.84. The summed E-state index contributed by atoms with van der Waals surface area (Å²) in [5.41, 5.74) is 0. The first-order valence-electron chi connectivity index (χ1n) is 5.98. The van der Waals surface area contributed by atoms with Crippen LogP contribution >= 0.6 is 11.3 Å². The van der Waals surface area contributed by atoms with E-state index in [9.17, 15) is 0 Å². The number of thiophene rings is 1. The molecule has 1 aromatic heterocycles. The Labute approximate surface area is 102 Å². The SMILES string of the molecule is CN1CCN(CCNCc2cccs2)CC1. The second-order valence-electron chi connectivity index (χ2n) is 4.40. The zero-order valence-corrected chi connectivity index (χ0v) is 10.8. The van der Waals surface area contributed by atoms with E-state index < -0.39 is 0 Å². The summed E-state index contributed by atoms with van der Waals surface area (Å²) in [6.45, 7) is 8.16. The van der Waals surface area contributed by atoms with Gasteiger partial charge >= 0.3 is 0 Å². The number of hydrogen-bond donors (Lipinski definition) is 1. The summed E-state index contributed by atoms with van der Waals surface area (Å²) in [5.74, 6) is 0. The van der Waals surface area contributed by atoms with Gasteiger partial charge in [-0.3, -0.25) is 4.90 Å². The van der Waals surface area contributed by atoms with Crippen molar-refractivity contribution in [1.29, 1.82) is 0 Å². The predicted molar refractivity (Wildman–Crippen MR) is 70.0 cm³/mol. The fourth-order valence-electron chi connectivity index (χ4n) is 1.93. The minimum absolute atomic E-state index is 1.02. The van der Waals surface area contributed by atoms with Gasteiger partial charge in [0, 0.05) is 50.7 Å². The van der Waals surface area contributed by atoms with Crippen LogP contribution in [0.25, 0.3) is 0 Å². The average molecular weight is 239 g/mol. The van der Waals surface area contributed by atoms with Crippen molar-refractivity contribution < 1.29 is 0 Å². The van der Waals surface area contributed by atoms with E-state index in [0.29, 0.717) is 0 Å². The number of nitrogens with zero attached hydrogens (tertiary/aromatic N) is 2. The molecule has 0 amide bonds. The third kappa shape index (κ3) is 3.87. The van der Waals surface area contributed by atoms with Gasteiger partial charge in [-0.05, 0) is 18.5 Å². The zero-order valence-electron chi connectivity index (χ0n) is 9.98. The summed E-state index contributed by atoms with van der Waals surface area (Å²) >= 11 is 1.83. The van der Waals surface area contributed by atoms with Crippen molar-refractivity contribution >= 4 is 11.3 Å². The molecule has 0 radical (unpaired) electrons. The highest BCUT2D eigenvalue weighted by Gasteiger charge is 2.12. The van der Waals surface area contributed by atoms with Crippen molar-refractivity contribution in [3.63, 3.8) is 0 Å². The second kappa shape index (κ2) is 6.35. The fraction of sp³-hybridized carbons (Fsp3) is 0.667. The van der Waals surface area contributed by atoms with Crippen LogP contribution in [0.5, 0.6) is 0 Å². The molecule has 3 nitrogen and oxygen atoms in total. The van der Waals surface area contributed by atoms with Gasteiger partial charge in [-0.15, -0.1) is 11.3 Å². The normalized spacial score (nSPS) is 19.1. The molecular weight excluding hydrogens is 218 g/mol. The molecule has 1 aliphatic rings. The van der Waals surface area contributed by atoms with Crippen LogP contribution < -0.4 is 5.32 Å². The van der Waals surface area contributed by atoms with Crippen LogP contribution in [0, 0.1) is 0 Å². The van der Waals surface area contributed by atoms with E-state index in [1.165, 1.54) is 37.6 Å². The van der Waals surface area contributed by atoms with Crippen LogP contribution in [0.15, 0.2) is 17.5 Å². The summed E-state index contributed by atoms with van der Waals surface area (Å²) in [4.78, 5) is 6.37. The van der Waals surface area contributed by atoms with Crippen molar-refractivity contribution in [3.05, 3.63) is 22.4 Å². The Kier molecular flexibility index (Phi) is 4.78. The first-order valence-corrected chi connectivity index (χ1v) is 6.86. The fourth-order valence-corrected chi connectivity index (χ4v) is 2.61. The van der Waals surface area contributed by atoms with E-state index >= 15 is 0 Å². The lowest BCUT2D eigenvalue weighted by molar-refractivity contribution is 0.154. The van der Waals surface area contributed by atoms with E-state index in [4.69, 9.17) is 0 Å². The minimum atomic E-state index is 1.02. The van der Waals surface area contributed by atoms with Gasteiger partial charge in [0.05, 0.1) is 0 Å². The molecule has 0 unspecified atom stereocenters. The molecule has 0 atom stereocenters. The summed E-state index contributed by atoms with van der Waals surface area (Å²) in [6.07, 6.45) is 0. The molecular formula is C12H21N3S. The maximum Gasteiger partial charge on any atom is 0.0300 e. The Bertz CT molecular complexity index is 278. The molecule has 90 valence electrons. The summed E-state index contributed by atoms with van der Waals surface area (Å²) < 4.78 is 0. The van der Waals surface area contributed by atoms with E-state index in [-0.39, 0.29) is 0 Å². The van der Waals surface area contributed by atoms with Gasteiger partial charge in [-0.25, -0.2) is 0 Å². The molecule has 0 saturated carbocycles. The van der Waals surface area contributed by atoms with Gasteiger partial charge < -0.3 is 10.2 Å². The number of likely N-dealkylation sites (N-methyl/N-ethyl adjacent to an activating group) is 1. The first kappa shape index (κ1) is 12.0. The highest BCUT2D eigenvalue weighted by Crippen LogP contribution is 2.07. The quantitative estimate of drug-likeness (QED) is 0.776. The molecule has 0 spiro atoms. The molecule has 0 aromatic carbocycles. The van der Waals surface area contributed by atoms with Crippen molar-refractivity contribution in [2.75, 3.05) is 46.3 Å². The standard InChI is InChI=1S/C12H21N3S/c1-14-6-8-15(9-7-14)5-4-13-11-12-3-2-10-16-12/h2-3,10,13H,4-9,11H2,1H3. The number of rotatable bonds is 5. The predicted octanol–water partition coefficient (Wildman–Crippen LogP) is 1.09. The van der Waals surface area contributed by atoms with Crippen LogP contribution in [-0.4, -0.2) is 56.1 Å². The van der Waals surface area contributed by atoms with Crippen molar-refractivity contribution in [2.45, 2.75) is 6.54 Å². The van der Waals surface area contributed by atoms with Crippen LogP contribution in [0.3, 0.4) is 0 Å². The Morgan fingerprint density at radius 1 is 1.31 bits per heavy atom. The monoisotopic (exact) mass is 239 g/mol. The third-order valence-corrected chi connectivity index (χ3v) is 3.96. The highest BCUT2D eigenvalue weighted by atomic mass is 32.1. The van der Waals surface area contributed by atoms with Gasteiger partial charge in [0.2, 0.25) is 0 Å². The second-order valence-corrected chi connectivity index (χ2v) is 5.43. The van der Waals surface area contributed by atoms with Crippen molar-refractivity contribution in [3.8, 4) is 0 Å². The molecule has 1 N–H and O–H groups in total. The summed E-state index contributed by atoms with van der Waals surface area (Å²) in [6, 6.07) is 4.30. The molecule has 2 heterocycles. The molecule has 1 saturated heterocycles. The highest BCUT2D eigenvalue weighted by molar-refractivity contribution is 7.09. The van der Waals surface area contributed by atoms with Crippen LogP contribution in [0.2, 0.25) is 0 Å². The van der Waals surface area contributed by atoms with E-state index in [1.54, 1.807) is 0 Å². The van der Waals surface area contributed by atoms with E-state index in [2.05, 4.69) is 39.7 Å².